The van der Waals surface area contributed by atoms with Gasteiger partial charge in [-0.1, -0.05) is 17.7 Å². The quantitative estimate of drug-likeness (QED) is 0.694. The van der Waals surface area contributed by atoms with E-state index in [0.29, 0.717) is 16.3 Å². The van der Waals surface area contributed by atoms with Crippen molar-refractivity contribution in [2.24, 2.45) is 0 Å². The molecule has 1 aromatic carbocycles. The van der Waals surface area contributed by atoms with E-state index in [4.69, 9.17) is 11.6 Å². The maximum absolute atomic E-state index is 12.2. The zero-order valence-corrected chi connectivity index (χ0v) is 13.1. The lowest BCUT2D eigenvalue weighted by Gasteiger charge is -2.08. The molecule has 3 rings (SSSR count). The summed E-state index contributed by atoms with van der Waals surface area (Å²) in [5, 5.41) is 2.29. The van der Waals surface area contributed by atoms with E-state index in [1.807, 2.05) is 0 Å². The number of hydrogen-bond donors (Lipinski definition) is 0. The summed E-state index contributed by atoms with van der Waals surface area (Å²) in [6, 6.07) is 10.1. The Bertz CT molecular complexity index is 950. The second-order valence-electron chi connectivity index (χ2n) is 5.04. The highest BCUT2D eigenvalue weighted by molar-refractivity contribution is 6.31. The molecule has 0 bridgehead atoms. The molecule has 0 amide bonds. The average Bonchev–Trinajstić information content (AvgIpc) is 2.55. The van der Waals surface area contributed by atoms with E-state index < -0.39 is 5.97 Å². The maximum Gasteiger partial charge on any atom is 0.337 e. The Kier molecular flexibility index (Phi) is 4.12. The number of hydrogen-bond acceptors (Lipinski definition) is 4. The van der Waals surface area contributed by atoms with Gasteiger partial charge >= 0.3 is 5.97 Å². The number of methoxy groups -OCH3 is 1. The molecule has 0 atom stereocenters. The number of fused-ring (bicyclic) bond motifs is 1. The molecule has 116 valence electrons. The summed E-state index contributed by atoms with van der Waals surface area (Å²) in [5.41, 5.74) is 0.843. The van der Waals surface area contributed by atoms with E-state index in [1.165, 1.54) is 17.9 Å². The molecule has 6 heteroatoms. The first-order chi connectivity index (χ1) is 11.1. The summed E-state index contributed by atoms with van der Waals surface area (Å²) in [6.45, 7) is 0.256. The minimum atomic E-state index is -0.439. The van der Waals surface area contributed by atoms with Crippen LogP contribution in [0.25, 0.3) is 10.8 Å². The van der Waals surface area contributed by atoms with Crippen LogP contribution < -0.4 is 5.56 Å². The van der Waals surface area contributed by atoms with Gasteiger partial charge in [0.1, 0.15) is 0 Å². The lowest BCUT2D eigenvalue weighted by molar-refractivity contribution is 0.0600. The Balaban J connectivity index is 1.99. The Hall–Kier alpha value is -2.66. The Morgan fingerprint density at radius 3 is 2.83 bits per heavy atom. The monoisotopic (exact) mass is 328 g/mol. The number of halogens is 1. The fourth-order valence-corrected chi connectivity index (χ4v) is 2.52. The molecule has 5 nitrogen and oxygen atoms in total. The van der Waals surface area contributed by atoms with Crippen molar-refractivity contribution in [3.8, 4) is 0 Å². The minimum absolute atomic E-state index is 0.148. The molecule has 0 radical (unpaired) electrons. The molecule has 0 aliphatic heterocycles. The van der Waals surface area contributed by atoms with Gasteiger partial charge in [-0.15, -0.1) is 0 Å². The molecule has 0 unspecified atom stereocenters. The predicted molar refractivity (Wildman–Crippen MR) is 87.9 cm³/mol. The fourth-order valence-electron chi connectivity index (χ4n) is 2.34. The third-order valence-electron chi connectivity index (χ3n) is 3.48. The normalized spacial score (nSPS) is 10.7. The molecule has 0 spiro atoms. The highest BCUT2D eigenvalue weighted by Gasteiger charge is 2.08. The van der Waals surface area contributed by atoms with E-state index in [-0.39, 0.29) is 12.1 Å². The standard InChI is InChI=1S/C17H13ClN2O3/c1-23-17(22)12-4-5-19-15(7-12)10-20-9-13-6-14(18)3-2-11(13)8-16(20)21/h2-9H,10H2,1H3. The van der Waals surface area contributed by atoms with Crippen molar-refractivity contribution in [2.45, 2.75) is 6.54 Å². The van der Waals surface area contributed by atoms with Crippen LogP contribution in [0, 0.1) is 0 Å². The lowest BCUT2D eigenvalue weighted by Crippen LogP contribution is -2.19. The SMILES string of the molecule is COC(=O)c1ccnc(Cn2cc3cc(Cl)ccc3cc2=O)c1. The van der Waals surface area contributed by atoms with Crippen LogP contribution in [0.4, 0.5) is 0 Å². The molecule has 0 saturated heterocycles. The number of rotatable bonds is 3. The molecule has 0 aliphatic carbocycles. The van der Waals surface area contributed by atoms with Crippen LogP contribution in [-0.2, 0) is 11.3 Å². The summed E-state index contributed by atoms with van der Waals surface area (Å²) in [5.74, 6) is -0.439. The van der Waals surface area contributed by atoms with Gasteiger partial charge in [0.2, 0.25) is 0 Å². The number of benzene rings is 1. The number of carbonyl (C=O) groups excluding carboxylic acids is 1. The van der Waals surface area contributed by atoms with Crippen LogP contribution >= 0.6 is 11.6 Å². The van der Waals surface area contributed by atoms with E-state index in [0.717, 1.165) is 10.8 Å². The van der Waals surface area contributed by atoms with Gasteiger partial charge in [-0.3, -0.25) is 9.78 Å². The minimum Gasteiger partial charge on any atom is -0.465 e. The number of esters is 1. The van der Waals surface area contributed by atoms with Crippen molar-refractivity contribution in [1.82, 2.24) is 9.55 Å². The van der Waals surface area contributed by atoms with Crippen molar-refractivity contribution < 1.29 is 9.53 Å². The molecular formula is C17H13ClN2O3. The van der Waals surface area contributed by atoms with Crippen LogP contribution in [0.1, 0.15) is 16.1 Å². The smallest absolute Gasteiger partial charge is 0.337 e. The third-order valence-corrected chi connectivity index (χ3v) is 3.71. The number of nitrogens with zero attached hydrogens (tertiary/aromatic N) is 2. The van der Waals surface area contributed by atoms with Crippen molar-refractivity contribution in [1.29, 1.82) is 0 Å². The summed E-state index contributed by atoms with van der Waals surface area (Å²) in [7, 11) is 1.32. The molecular weight excluding hydrogens is 316 g/mol. The lowest BCUT2D eigenvalue weighted by atomic mass is 10.2. The molecule has 23 heavy (non-hydrogen) atoms. The molecule has 0 fully saturated rings. The molecule has 2 heterocycles. The van der Waals surface area contributed by atoms with Crippen LogP contribution in [-0.4, -0.2) is 22.6 Å². The fraction of sp³-hybridized carbons (Fsp3) is 0.118. The van der Waals surface area contributed by atoms with Crippen LogP contribution in [0.5, 0.6) is 0 Å². The Labute approximate surface area is 137 Å². The van der Waals surface area contributed by atoms with Gasteiger partial charge < -0.3 is 9.30 Å². The number of pyridine rings is 2. The predicted octanol–water partition coefficient (Wildman–Crippen LogP) is 2.88. The van der Waals surface area contributed by atoms with Gasteiger partial charge in [0.25, 0.3) is 5.56 Å². The summed E-state index contributed by atoms with van der Waals surface area (Å²) in [4.78, 5) is 28.0. The number of ether oxygens (including phenoxy) is 1. The van der Waals surface area contributed by atoms with Crippen LogP contribution in [0.15, 0.2) is 53.6 Å². The summed E-state index contributed by atoms with van der Waals surface area (Å²) >= 11 is 5.99. The van der Waals surface area contributed by atoms with E-state index in [1.54, 1.807) is 42.6 Å². The largest absolute Gasteiger partial charge is 0.465 e. The Morgan fingerprint density at radius 1 is 1.22 bits per heavy atom. The third kappa shape index (κ3) is 3.24. The molecule has 0 N–H and O–H groups in total. The molecule has 2 aromatic heterocycles. The van der Waals surface area contributed by atoms with Crippen molar-refractivity contribution >= 4 is 28.3 Å². The zero-order chi connectivity index (χ0) is 16.4. The molecule has 0 saturated carbocycles. The molecule has 3 aromatic rings. The highest BCUT2D eigenvalue weighted by Crippen LogP contribution is 2.17. The highest BCUT2D eigenvalue weighted by atomic mass is 35.5. The second-order valence-corrected chi connectivity index (χ2v) is 5.48. The number of aromatic nitrogens is 2. The maximum atomic E-state index is 12.2. The van der Waals surface area contributed by atoms with Crippen molar-refractivity contribution in [2.75, 3.05) is 7.11 Å². The van der Waals surface area contributed by atoms with Gasteiger partial charge in [0.05, 0.1) is 24.9 Å². The van der Waals surface area contributed by atoms with Gasteiger partial charge in [-0.05, 0) is 35.0 Å². The van der Waals surface area contributed by atoms with Crippen molar-refractivity contribution in [3.63, 3.8) is 0 Å². The van der Waals surface area contributed by atoms with E-state index >= 15 is 0 Å². The topological polar surface area (TPSA) is 61.2 Å². The zero-order valence-electron chi connectivity index (χ0n) is 12.3. The first kappa shape index (κ1) is 15.2. The first-order valence-electron chi connectivity index (χ1n) is 6.90. The van der Waals surface area contributed by atoms with Crippen molar-refractivity contribution in [3.05, 3.63) is 75.4 Å². The van der Waals surface area contributed by atoms with Gasteiger partial charge in [0.15, 0.2) is 0 Å². The van der Waals surface area contributed by atoms with Crippen LogP contribution in [0.2, 0.25) is 5.02 Å². The summed E-state index contributed by atoms with van der Waals surface area (Å²) < 4.78 is 6.22. The van der Waals surface area contributed by atoms with Gasteiger partial charge in [0, 0.05) is 23.5 Å². The Morgan fingerprint density at radius 2 is 2.04 bits per heavy atom. The number of carbonyl (C=O) groups is 1. The average molecular weight is 329 g/mol. The molecule has 0 aliphatic rings. The van der Waals surface area contributed by atoms with Gasteiger partial charge in [-0.2, -0.15) is 0 Å². The van der Waals surface area contributed by atoms with Crippen LogP contribution in [0.3, 0.4) is 0 Å². The van der Waals surface area contributed by atoms with Gasteiger partial charge in [-0.25, -0.2) is 4.79 Å². The van der Waals surface area contributed by atoms with E-state index in [2.05, 4.69) is 9.72 Å². The first-order valence-corrected chi connectivity index (χ1v) is 7.27. The summed E-state index contributed by atoms with van der Waals surface area (Å²) in [6.07, 6.45) is 3.25. The second kappa shape index (κ2) is 6.22. The van der Waals surface area contributed by atoms with E-state index in [9.17, 15) is 9.59 Å².